The molecule has 1 fully saturated rings. The summed E-state index contributed by atoms with van der Waals surface area (Å²) in [6.07, 6.45) is 5.14. The van der Waals surface area contributed by atoms with Crippen LogP contribution in [0.1, 0.15) is 56.6 Å². The van der Waals surface area contributed by atoms with Crippen molar-refractivity contribution in [1.82, 2.24) is 9.80 Å². The van der Waals surface area contributed by atoms with E-state index in [1.54, 1.807) is 23.1 Å². The molecule has 1 amide bonds. The zero-order valence-electron chi connectivity index (χ0n) is 22.9. The Bertz CT molecular complexity index is 1310. The minimum Gasteiger partial charge on any atom is -0.463 e. The molecule has 1 aliphatic heterocycles. The lowest BCUT2D eigenvalue weighted by Crippen LogP contribution is -2.57. The maximum Gasteiger partial charge on any atom is 0.415 e. The van der Waals surface area contributed by atoms with E-state index in [4.69, 9.17) is 13.9 Å². The first kappa shape index (κ1) is 28.4. The molecule has 1 unspecified atom stereocenters. The second-order valence-electron chi connectivity index (χ2n) is 10.2. The number of ether oxygens (including phenoxy) is 2. The van der Waals surface area contributed by atoms with Crippen LogP contribution in [-0.4, -0.2) is 54.1 Å². The monoisotopic (exact) mass is 534 g/mol. The van der Waals surface area contributed by atoms with Gasteiger partial charge in [-0.2, -0.15) is 0 Å². The SMILES string of the molecule is CCCCCCCC(=O)OCC1CN(Cc2ccccc2)CCN1C(=O)Oc1ccc2c(C)cc(=O)oc2c1. The third kappa shape index (κ3) is 8.17. The van der Waals surface area contributed by atoms with E-state index in [9.17, 15) is 14.4 Å². The molecular weight excluding hydrogens is 496 g/mol. The Morgan fingerprint density at radius 1 is 1.00 bits per heavy atom. The summed E-state index contributed by atoms with van der Waals surface area (Å²) in [6.45, 7) is 6.50. The van der Waals surface area contributed by atoms with Gasteiger partial charge < -0.3 is 13.9 Å². The number of piperazine rings is 1. The van der Waals surface area contributed by atoms with Crippen molar-refractivity contribution in [2.24, 2.45) is 0 Å². The van der Waals surface area contributed by atoms with Gasteiger partial charge in [-0.15, -0.1) is 0 Å². The predicted octanol–water partition coefficient (Wildman–Crippen LogP) is 5.69. The second kappa shape index (κ2) is 13.9. The summed E-state index contributed by atoms with van der Waals surface area (Å²) in [4.78, 5) is 41.4. The fourth-order valence-corrected chi connectivity index (χ4v) is 4.95. The highest BCUT2D eigenvalue weighted by atomic mass is 16.6. The van der Waals surface area contributed by atoms with Gasteiger partial charge in [0, 0.05) is 50.1 Å². The Morgan fingerprint density at radius 3 is 2.59 bits per heavy atom. The maximum absolute atomic E-state index is 13.3. The van der Waals surface area contributed by atoms with Gasteiger partial charge in [-0.05, 0) is 36.6 Å². The van der Waals surface area contributed by atoms with Crippen LogP contribution in [0.3, 0.4) is 0 Å². The van der Waals surface area contributed by atoms with Crippen molar-refractivity contribution in [2.75, 3.05) is 26.2 Å². The van der Waals surface area contributed by atoms with Crippen molar-refractivity contribution in [3.05, 3.63) is 76.1 Å². The number of rotatable bonds is 11. The van der Waals surface area contributed by atoms with Crippen molar-refractivity contribution in [1.29, 1.82) is 0 Å². The van der Waals surface area contributed by atoms with E-state index in [1.165, 1.54) is 18.1 Å². The molecule has 208 valence electrons. The number of hydrogen-bond donors (Lipinski definition) is 0. The summed E-state index contributed by atoms with van der Waals surface area (Å²) in [5.41, 5.74) is 1.89. The zero-order chi connectivity index (χ0) is 27.6. The molecule has 1 aromatic heterocycles. The number of nitrogens with zero attached hydrogens (tertiary/aromatic N) is 2. The van der Waals surface area contributed by atoms with E-state index in [0.29, 0.717) is 31.6 Å². The van der Waals surface area contributed by atoms with Crippen LogP contribution >= 0.6 is 0 Å². The maximum atomic E-state index is 13.3. The molecule has 0 spiro atoms. The molecule has 0 bridgehead atoms. The van der Waals surface area contributed by atoms with Crippen LogP contribution in [0.4, 0.5) is 4.79 Å². The number of esters is 1. The lowest BCUT2D eigenvalue weighted by Gasteiger charge is -2.40. The first-order chi connectivity index (χ1) is 18.9. The molecule has 3 aromatic rings. The van der Waals surface area contributed by atoms with E-state index in [-0.39, 0.29) is 24.4 Å². The summed E-state index contributed by atoms with van der Waals surface area (Å²) in [7, 11) is 0. The van der Waals surface area contributed by atoms with Crippen molar-refractivity contribution in [2.45, 2.75) is 65.0 Å². The van der Waals surface area contributed by atoms with E-state index >= 15 is 0 Å². The molecule has 1 saturated heterocycles. The van der Waals surface area contributed by atoms with Gasteiger partial charge in [0.1, 0.15) is 17.9 Å². The first-order valence-corrected chi connectivity index (χ1v) is 13.9. The lowest BCUT2D eigenvalue weighted by atomic mass is 10.1. The van der Waals surface area contributed by atoms with Crippen molar-refractivity contribution in [3.63, 3.8) is 0 Å². The van der Waals surface area contributed by atoms with E-state index in [2.05, 4.69) is 24.0 Å². The summed E-state index contributed by atoms with van der Waals surface area (Å²) in [6, 6.07) is 16.3. The van der Waals surface area contributed by atoms with Gasteiger partial charge in [-0.1, -0.05) is 62.9 Å². The number of unbranched alkanes of at least 4 members (excludes halogenated alkanes) is 4. The van der Waals surface area contributed by atoms with Crippen LogP contribution in [0.25, 0.3) is 11.0 Å². The van der Waals surface area contributed by atoms with Crippen molar-refractivity contribution in [3.8, 4) is 5.75 Å². The van der Waals surface area contributed by atoms with Crippen LogP contribution in [0.2, 0.25) is 0 Å². The first-order valence-electron chi connectivity index (χ1n) is 13.9. The molecule has 8 nitrogen and oxygen atoms in total. The molecule has 1 atom stereocenters. The summed E-state index contributed by atoms with van der Waals surface area (Å²) < 4.78 is 16.6. The fourth-order valence-electron chi connectivity index (χ4n) is 4.95. The molecule has 2 heterocycles. The van der Waals surface area contributed by atoms with Gasteiger partial charge in [0.25, 0.3) is 0 Å². The predicted molar refractivity (Wildman–Crippen MR) is 150 cm³/mol. The van der Waals surface area contributed by atoms with Crippen LogP contribution in [0, 0.1) is 6.92 Å². The lowest BCUT2D eigenvalue weighted by molar-refractivity contribution is -0.146. The van der Waals surface area contributed by atoms with Gasteiger partial charge in [0.05, 0.1) is 6.04 Å². The number of aryl methyl sites for hydroxylation is 1. The average Bonchev–Trinajstić information content (AvgIpc) is 2.92. The molecule has 8 heteroatoms. The van der Waals surface area contributed by atoms with Gasteiger partial charge >= 0.3 is 17.7 Å². The van der Waals surface area contributed by atoms with Crippen molar-refractivity contribution < 1.29 is 23.5 Å². The Kier molecular flexibility index (Phi) is 10.1. The van der Waals surface area contributed by atoms with Crippen molar-refractivity contribution >= 4 is 23.0 Å². The smallest absolute Gasteiger partial charge is 0.415 e. The number of benzene rings is 2. The van der Waals surface area contributed by atoms with Gasteiger partial charge in [0.15, 0.2) is 0 Å². The van der Waals surface area contributed by atoms with E-state index in [1.807, 2.05) is 25.1 Å². The Labute approximate surface area is 229 Å². The molecular formula is C31H38N2O6. The van der Waals surface area contributed by atoms with Gasteiger partial charge in [0.2, 0.25) is 0 Å². The second-order valence-corrected chi connectivity index (χ2v) is 10.2. The Hall–Kier alpha value is -3.65. The summed E-state index contributed by atoms with van der Waals surface area (Å²) in [5.74, 6) is 0.0516. The Morgan fingerprint density at radius 2 is 1.79 bits per heavy atom. The number of carbonyl (C=O) groups excluding carboxylic acids is 2. The third-order valence-corrected chi connectivity index (χ3v) is 7.10. The van der Waals surface area contributed by atoms with Gasteiger partial charge in [-0.3, -0.25) is 14.6 Å². The highest BCUT2D eigenvalue weighted by molar-refractivity contribution is 5.82. The Balaban J connectivity index is 1.41. The zero-order valence-corrected chi connectivity index (χ0v) is 22.9. The third-order valence-electron chi connectivity index (χ3n) is 7.10. The molecule has 4 rings (SSSR count). The molecule has 0 saturated carbocycles. The summed E-state index contributed by atoms with van der Waals surface area (Å²) in [5, 5.41) is 0.781. The largest absolute Gasteiger partial charge is 0.463 e. The fraction of sp³-hybridized carbons (Fsp3) is 0.452. The highest BCUT2D eigenvalue weighted by Gasteiger charge is 2.33. The average molecular weight is 535 g/mol. The number of carbonyl (C=O) groups is 2. The van der Waals surface area contributed by atoms with E-state index < -0.39 is 11.7 Å². The number of hydrogen-bond acceptors (Lipinski definition) is 7. The molecule has 0 aliphatic carbocycles. The number of amides is 1. The highest BCUT2D eigenvalue weighted by Crippen LogP contribution is 2.24. The summed E-state index contributed by atoms with van der Waals surface area (Å²) >= 11 is 0. The molecule has 0 radical (unpaired) electrons. The number of fused-ring (bicyclic) bond motifs is 1. The quantitative estimate of drug-likeness (QED) is 0.177. The van der Waals surface area contributed by atoms with Crippen LogP contribution in [0.15, 0.2) is 63.8 Å². The van der Waals surface area contributed by atoms with Crippen LogP contribution in [-0.2, 0) is 16.1 Å². The standard InChI is InChI=1S/C31H38N2O6/c1-3-4-5-6-10-13-29(34)37-22-25-21-32(20-24-11-8-7-9-12-24)16-17-33(25)31(36)38-26-14-15-27-23(2)18-30(35)39-28(27)19-26/h7-9,11-12,14-15,18-19,25H,3-6,10,13,16-17,20-22H2,1-2H3. The van der Waals surface area contributed by atoms with Crippen LogP contribution < -0.4 is 10.4 Å². The minimum absolute atomic E-state index is 0.111. The van der Waals surface area contributed by atoms with Gasteiger partial charge in [-0.25, -0.2) is 9.59 Å². The minimum atomic E-state index is -0.524. The molecule has 0 N–H and O–H groups in total. The molecule has 1 aliphatic rings. The normalized spacial score (nSPS) is 15.8. The topological polar surface area (TPSA) is 89.3 Å². The van der Waals surface area contributed by atoms with Crippen LogP contribution in [0.5, 0.6) is 5.75 Å². The molecule has 39 heavy (non-hydrogen) atoms. The molecule has 2 aromatic carbocycles. The van der Waals surface area contributed by atoms with E-state index in [0.717, 1.165) is 43.2 Å².